The summed E-state index contributed by atoms with van der Waals surface area (Å²) in [7, 11) is 1.95. The molecule has 8 heteroatoms. The van der Waals surface area contributed by atoms with Gasteiger partial charge in [-0.1, -0.05) is 11.6 Å². The molecule has 3 aliphatic rings. The van der Waals surface area contributed by atoms with Crippen molar-refractivity contribution in [3.8, 4) is 0 Å². The highest BCUT2D eigenvalue weighted by atomic mass is 35.5. The maximum absolute atomic E-state index is 12.7. The molecule has 1 aromatic rings. The van der Waals surface area contributed by atoms with Crippen molar-refractivity contribution < 1.29 is 14.3 Å². The molecular formula is C22H33ClN4O3. The first-order valence-electron chi connectivity index (χ1n) is 11.1. The SMILES string of the molecule is CNC1CC(C)N(C(=O)OC(C)C)C1COC1CCC2(c3ncc(Cl)cn3)CC2C1. The van der Waals surface area contributed by atoms with Gasteiger partial charge in [0.15, 0.2) is 0 Å². The quantitative estimate of drug-likeness (QED) is 0.734. The molecule has 1 aliphatic heterocycles. The maximum Gasteiger partial charge on any atom is 0.410 e. The number of nitrogens with zero attached hydrogens (tertiary/aromatic N) is 3. The van der Waals surface area contributed by atoms with Crippen molar-refractivity contribution in [2.24, 2.45) is 5.92 Å². The number of hydrogen-bond donors (Lipinski definition) is 1. The first-order valence-corrected chi connectivity index (χ1v) is 11.5. The lowest BCUT2D eigenvalue weighted by Crippen LogP contribution is -2.49. The molecule has 0 aromatic carbocycles. The lowest BCUT2D eigenvalue weighted by Gasteiger charge is -2.33. The summed E-state index contributed by atoms with van der Waals surface area (Å²) >= 11 is 5.94. The summed E-state index contributed by atoms with van der Waals surface area (Å²) in [6, 6.07) is 0.333. The van der Waals surface area contributed by atoms with Crippen molar-refractivity contribution >= 4 is 17.7 Å². The highest BCUT2D eigenvalue weighted by Gasteiger charge is 2.60. The van der Waals surface area contributed by atoms with Gasteiger partial charge in [0.1, 0.15) is 5.82 Å². The smallest absolute Gasteiger partial charge is 0.410 e. The number of ether oxygens (including phenoxy) is 2. The zero-order chi connectivity index (χ0) is 21.5. The van der Waals surface area contributed by atoms with Gasteiger partial charge in [0.05, 0.1) is 29.9 Å². The highest BCUT2D eigenvalue weighted by Crippen LogP contribution is 2.61. The van der Waals surface area contributed by atoms with E-state index in [4.69, 9.17) is 21.1 Å². The molecule has 6 atom stereocenters. The molecule has 7 nitrogen and oxygen atoms in total. The third-order valence-corrected chi connectivity index (χ3v) is 7.27. The molecule has 0 radical (unpaired) electrons. The van der Waals surface area contributed by atoms with Gasteiger partial charge in [0, 0.05) is 29.9 Å². The Morgan fingerprint density at radius 3 is 2.73 bits per heavy atom. The van der Waals surface area contributed by atoms with E-state index < -0.39 is 0 Å². The fourth-order valence-electron chi connectivity index (χ4n) is 5.43. The first-order chi connectivity index (χ1) is 14.3. The van der Waals surface area contributed by atoms with Crippen LogP contribution in [0.2, 0.25) is 5.02 Å². The Kier molecular flexibility index (Phi) is 6.24. The van der Waals surface area contributed by atoms with Crippen molar-refractivity contribution in [3.63, 3.8) is 0 Å². The number of carbonyl (C=O) groups is 1. The van der Waals surface area contributed by atoms with E-state index in [0.29, 0.717) is 17.5 Å². The summed E-state index contributed by atoms with van der Waals surface area (Å²) in [5, 5.41) is 3.94. The number of likely N-dealkylation sites (tertiary alicyclic amines) is 1. The second-order valence-corrected chi connectivity index (χ2v) is 9.84. The molecule has 2 heterocycles. The van der Waals surface area contributed by atoms with E-state index in [9.17, 15) is 4.79 Å². The van der Waals surface area contributed by atoms with Crippen molar-refractivity contribution in [1.82, 2.24) is 20.2 Å². The van der Waals surface area contributed by atoms with Crippen LogP contribution < -0.4 is 5.32 Å². The molecule has 2 saturated carbocycles. The summed E-state index contributed by atoms with van der Waals surface area (Å²) in [4.78, 5) is 23.5. The molecule has 0 bridgehead atoms. The Morgan fingerprint density at radius 2 is 2.10 bits per heavy atom. The van der Waals surface area contributed by atoms with Crippen LogP contribution in [0, 0.1) is 5.92 Å². The zero-order valence-electron chi connectivity index (χ0n) is 18.3. The normalized spacial score (nSPS) is 35.4. The van der Waals surface area contributed by atoms with E-state index in [1.807, 2.05) is 25.8 Å². The van der Waals surface area contributed by atoms with Crippen LogP contribution in [0.5, 0.6) is 0 Å². The van der Waals surface area contributed by atoms with Crippen LogP contribution in [0.25, 0.3) is 0 Å². The molecule has 1 aromatic heterocycles. The minimum atomic E-state index is -0.242. The van der Waals surface area contributed by atoms with Crippen molar-refractivity contribution in [1.29, 1.82) is 0 Å². The third-order valence-electron chi connectivity index (χ3n) is 7.07. The molecule has 0 spiro atoms. The van der Waals surface area contributed by atoms with Gasteiger partial charge in [0.2, 0.25) is 0 Å². The molecular weight excluding hydrogens is 404 g/mol. The number of rotatable bonds is 6. The number of aromatic nitrogens is 2. The molecule has 1 saturated heterocycles. The number of halogens is 1. The van der Waals surface area contributed by atoms with Gasteiger partial charge < -0.3 is 14.8 Å². The zero-order valence-corrected chi connectivity index (χ0v) is 19.1. The van der Waals surface area contributed by atoms with Crippen LogP contribution in [0.15, 0.2) is 12.4 Å². The van der Waals surface area contributed by atoms with Gasteiger partial charge in [-0.2, -0.15) is 0 Å². The minimum Gasteiger partial charge on any atom is -0.447 e. The number of nitrogens with one attached hydrogen (secondary N) is 1. The average molecular weight is 437 g/mol. The Balaban J connectivity index is 1.35. The number of carbonyl (C=O) groups excluding carboxylic acids is 1. The van der Waals surface area contributed by atoms with Crippen LogP contribution in [-0.4, -0.2) is 64.9 Å². The highest BCUT2D eigenvalue weighted by molar-refractivity contribution is 6.30. The lowest BCUT2D eigenvalue weighted by molar-refractivity contribution is -0.0153. The second-order valence-electron chi connectivity index (χ2n) is 9.40. The van der Waals surface area contributed by atoms with E-state index >= 15 is 0 Å². The van der Waals surface area contributed by atoms with E-state index in [1.54, 1.807) is 12.4 Å². The molecule has 2 aliphatic carbocycles. The summed E-state index contributed by atoms with van der Waals surface area (Å²) in [6.45, 7) is 6.38. The average Bonchev–Trinajstić information content (AvgIpc) is 3.35. The summed E-state index contributed by atoms with van der Waals surface area (Å²) in [5.74, 6) is 1.50. The summed E-state index contributed by atoms with van der Waals surface area (Å²) < 4.78 is 11.9. The summed E-state index contributed by atoms with van der Waals surface area (Å²) in [5.41, 5.74) is 0.118. The molecule has 30 heavy (non-hydrogen) atoms. The third kappa shape index (κ3) is 4.16. The molecule has 166 valence electrons. The van der Waals surface area contributed by atoms with Crippen LogP contribution in [0.1, 0.15) is 58.7 Å². The van der Waals surface area contributed by atoms with Gasteiger partial charge >= 0.3 is 6.09 Å². The molecule has 1 N–H and O–H groups in total. The molecule has 3 fully saturated rings. The van der Waals surface area contributed by atoms with E-state index in [1.165, 1.54) is 0 Å². The Labute approximate surface area is 183 Å². The first kappa shape index (κ1) is 21.8. The van der Waals surface area contributed by atoms with Crippen LogP contribution in [-0.2, 0) is 14.9 Å². The van der Waals surface area contributed by atoms with E-state index in [0.717, 1.165) is 37.9 Å². The number of likely N-dealkylation sites (N-methyl/N-ethyl adjacent to an activating group) is 1. The number of amides is 1. The van der Waals surface area contributed by atoms with Crippen molar-refractivity contribution in [2.75, 3.05) is 13.7 Å². The van der Waals surface area contributed by atoms with Crippen LogP contribution >= 0.6 is 11.6 Å². The number of fused-ring (bicyclic) bond motifs is 1. The van der Waals surface area contributed by atoms with E-state index in [2.05, 4.69) is 22.2 Å². The van der Waals surface area contributed by atoms with Crippen molar-refractivity contribution in [2.45, 2.75) is 88.6 Å². The maximum atomic E-state index is 12.7. The predicted molar refractivity (Wildman–Crippen MR) is 115 cm³/mol. The van der Waals surface area contributed by atoms with E-state index in [-0.39, 0.29) is 41.8 Å². The second kappa shape index (κ2) is 8.60. The minimum absolute atomic E-state index is 0.0123. The topological polar surface area (TPSA) is 76.6 Å². The molecule has 6 unspecified atom stereocenters. The Bertz CT molecular complexity index is 761. The Hall–Kier alpha value is -1.44. The van der Waals surface area contributed by atoms with Crippen molar-refractivity contribution in [3.05, 3.63) is 23.2 Å². The monoisotopic (exact) mass is 436 g/mol. The largest absolute Gasteiger partial charge is 0.447 e. The summed E-state index contributed by atoms with van der Waals surface area (Å²) in [6.07, 6.45) is 8.32. The Morgan fingerprint density at radius 1 is 1.37 bits per heavy atom. The van der Waals surface area contributed by atoms with Gasteiger partial charge in [-0.25, -0.2) is 14.8 Å². The predicted octanol–water partition coefficient (Wildman–Crippen LogP) is 3.55. The molecule has 4 rings (SSSR count). The fourth-order valence-corrected chi connectivity index (χ4v) is 5.53. The van der Waals surface area contributed by atoms with Crippen LogP contribution in [0.4, 0.5) is 4.79 Å². The number of hydrogen-bond acceptors (Lipinski definition) is 6. The van der Waals surface area contributed by atoms with Gasteiger partial charge in [0.25, 0.3) is 0 Å². The van der Waals surface area contributed by atoms with Gasteiger partial charge in [-0.15, -0.1) is 0 Å². The van der Waals surface area contributed by atoms with Gasteiger partial charge in [-0.05, 0) is 65.8 Å². The van der Waals surface area contributed by atoms with Gasteiger partial charge in [-0.3, -0.25) is 4.90 Å². The fraction of sp³-hybridized carbons (Fsp3) is 0.773. The molecule has 1 amide bonds. The van der Waals surface area contributed by atoms with Crippen LogP contribution in [0.3, 0.4) is 0 Å². The lowest BCUT2D eigenvalue weighted by atomic mass is 9.86. The standard InChI is InChI=1S/C22H33ClN4O3/c1-13(2)30-21(28)27-14(3)7-18(24-4)19(27)12-29-17-5-6-22(9-15(22)8-17)20-25-10-16(23)11-26-20/h10-11,13-15,17-19,24H,5-9,12H2,1-4H3.